The van der Waals surface area contributed by atoms with Crippen molar-refractivity contribution in [1.29, 1.82) is 0 Å². The van der Waals surface area contributed by atoms with Gasteiger partial charge in [0.2, 0.25) is 0 Å². The van der Waals surface area contributed by atoms with Crippen LogP contribution in [0.15, 0.2) is 12.3 Å². The topological polar surface area (TPSA) is 99.4 Å². The lowest BCUT2D eigenvalue weighted by Crippen LogP contribution is -2.49. The average Bonchev–Trinajstić information content (AvgIpc) is 3.16. The molecule has 1 atom stereocenters. The highest BCUT2D eigenvalue weighted by Crippen LogP contribution is 2.40. The summed E-state index contributed by atoms with van der Waals surface area (Å²) >= 11 is 0. The van der Waals surface area contributed by atoms with Crippen LogP contribution in [0.3, 0.4) is 0 Å². The zero-order valence-electron chi connectivity index (χ0n) is 14.0. The summed E-state index contributed by atoms with van der Waals surface area (Å²) in [5, 5.41) is 11.9. The van der Waals surface area contributed by atoms with E-state index in [1.807, 2.05) is 4.90 Å². The van der Waals surface area contributed by atoms with Crippen LogP contribution in [0.4, 0.5) is 4.79 Å². The molecule has 3 N–H and O–H groups in total. The third-order valence-electron chi connectivity index (χ3n) is 5.18. The van der Waals surface area contributed by atoms with Gasteiger partial charge in [-0.15, -0.1) is 0 Å². The second kappa shape index (κ2) is 7.21. The van der Waals surface area contributed by atoms with Gasteiger partial charge in [0, 0.05) is 32.9 Å². The Morgan fingerprint density at radius 1 is 1.42 bits per heavy atom. The Labute approximate surface area is 141 Å². The Morgan fingerprint density at radius 3 is 2.79 bits per heavy atom. The van der Waals surface area contributed by atoms with E-state index in [9.17, 15) is 9.59 Å². The van der Waals surface area contributed by atoms with Crippen LogP contribution in [-0.4, -0.2) is 66.4 Å². The number of rotatable bonds is 3. The van der Waals surface area contributed by atoms with Crippen LogP contribution in [0, 0.1) is 5.41 Å². The molecule has 3 amide bonds. The predicted octanol–water partition coefficient (Wildman–Crippen LogP) is 0.740. The van der Waals surface area contributed by atoms with Crippen LogP contribution in [0.5, 0.6) is 0 Å². The van der Waals surface area contributed by atoms with Gasteiger partial charge < -0.3 is 20.3 Å². The first-order valence-electron chi connectivity index (χ1n) is 8.48. The number of H-pyrrole nitrogens is 1. The Bertz CT molecular complexity index is 556. The number of carbonyl (C=O) groups is 2. The van der Waals surface area contributed by atoms with E-state index >= 15 is 0 Å². The second-order valence-corrected chi connectivity index (χ2v) is 6.69. The minimum absolute atomic E-state index is 0.0201. The second-order valence-electron chi connectivity index (χ2n) is 6.69. The van der Waals surface area contributed by atoms with Crippen LogP contribution in [0.1, 0.15) is 36.2 Å². The summed E-state index contributed by atoms with van der Waals surface area (Å²) < 4.78 is 5.97. The molecule has 3 rings (SSSR count). The van der Waals surface area contributed by atoms with Crippen molar-refractivity contribution in [2.45, 2.75) is 31.8 Å². The summed E-state index contributed by atoms with van der Waals surface area (Å²) in [5.41, 5.74) is 0.722. The standard InChI is InChI=1S/C16H25N5O3/c1-17-15(23)18-10-12-2-4-16(11-24-12)5-8-21(9-6-16)14(22)13-3-7-19-20-13/h3,7,12H,2,4-6,8-11H2,1H3,(H,19,20)(H2,17,18,23). The fourth-order valence-corrected chi connectivity index (χ4v) is 3.50. The molecule has 2 aliphatic heterocycles. The molecule has 8 nitrogen and oxygen atoms in total. The maximum atomic E-state index is 12.3. The molecule has 2 saturated heterocycles. The zero-order valence-corrected chi connectivity index (χ0v) is 14.0. The normalized spacial score (nSPS) is 23.0. The van der Waals surface area contributed by atoms with E-state index in [4.69, 9.17) is 4.74 Å². The van der Waals surface area contributed by atoms with E-state index in [0.29, 0.717) is 18.8 Å². The number of aromatic nitrogens is 2. The smallest absolute Gasteiger partial charge is 0.314 e. The average molecular weight is 335 g/mol. The van der Waals surface area contributed by atoms with Crippen LogP contribution in [0.2, 0.25) is 0 Å². The van der Waals surface area contributed by atoms with E-state index < -0.39 is 0 Å². The highest BCUT2D eigenvalue weighted by Gasteiger charge is 2.40. The number of nitrogens with one attached hydrogen (secondary N) is 3. The highest BCUT2D eigenvalue weighted by molar-refractivity contribution is 5.92. The summed E-state index contributed by atoms with van der Waals surface area (Å²) in [6.07, 6.45) is 5.63. The van der Waals surface area contributed by atoms with Crippen LogP contribution < -0.4 is 10.6 Å². The number of likely N-dealkylation sites (tertiary alicyclic amines) is 1. The Morgan fingerprint density at radius 2 is 2.21 bits per heavy atom. The van der Waals surface area contributed by atoms with Gasteiger partial charge >= 0.3 is 6.03 Å². The van der Waals surface area contributed by atoms with Gasteiger partial charge in [0.05, 0.1) is 12.7 Å². The first kappa shape index (κ1) is 16.8. The Hall–Kier alpha value is -2.09. The molecule has 0 radical (unpaired) electrons. The number of hydrogen-bond donors (Lipinski definition) is 3. The zero-order chi connectivity index (χ0) is 17.0. The van der Waals surface area contributed by atoms with Crippen molar-refractivity contribution in [3.63, 3.8) is 0 Å². The minimum Gasteiger partial charge on any atom is -0.376 e. The maximum Gasteiger partial charge on any atom is 0.314 e. The summed E-state index contributed by atoms with van der Waals surface area (Å²) in [5.74, 6) is 0.0201. The molecule has 8 heteroatoms. The van der Waals surface area contributed by atoms with Gasteiger partial charge in [-0.2, -0.15) is 5.10 Å². The largest absolute Gasteiger partial charge is 0.376 e. The van der Waals surface area contributed by atoms with Gasteiger partial charge in [-0.05, 0) is 37.2 Å². The third-order valence-corrected chi connectivity index (χ3v) is 5.18. The molecule has 0 aliphatic carbocycles. The van der Waals surface area contributed by atoms with E-state index in [0.717, 1.165) is 38.8 Å². The Kier molecular flexibility index (Phi) is 5.03. The Balaban J connectivity index is 1.45. The molecule has 24 heavy (non-hydrogen) atoms. The van der Waals surface area contributed by atoms with Gasteiger partial charge in [0.15, 0.2) is 0 Å². The molecule has 1 aromatic heterocycles. The fourth-order valence-electron chi connectivity index (χ4n) is 3.50. The lowest BCUT2D eigenvalue weighted by molar-refractivity contribution is -0.0807. The first-order chi connectivity index (χ1) is 11.6. The molecule has 2 fully saturated rings. The van der Waals surface area contributed by atoms with Crippen molar-refractivity contribution in [3.05, 3.63) is 18.0 Å². The number of nitrogens with zero attached hydrogens (tertiary/aromatic N) is 2. The van der Waals surface area contributed by atoms with Crippen molar-refractivity contribution in [3.8, 4) is 0 Å². The van der Waals surface area contributed by atoms with E-state index in [-0.39, 0.29) is 23.5 Å². The molecule has 1 aromatic rings. The number of urea groups is 1. The van der Waals surface area contributed by atoms with E-state index in [1.165, 1.54) is 0 Å². The summed E-state index contributed by atoms with van der Waals surface area (Å²) in [6.45, 7) is 2.75. The third kappa shape index (κ3) is 3.69. The van der Waals surface area contributed by atoms with Gasteiger partial charge in [-0.3, -0.25) is 9.89 Å². The lowest BCUT2D eigenvalue weighted by Gasteiger charge is -2.45. The number of hydrogen-bond acceptors (Lipinski definition) is 4. The van der Waals surface area contributed by atoms with Crippen molar-refractivity contribution in [2.75, 3.05) is 33.3 Å². The van der Waals surface area contributed by atoms with Gasteiger partial charge in [0.25, 0.3) is 5.91 Å². The summed E-state index contributed by atoms with van der Waals surface area (Å²) in [6, 6.07) is 1.53. The number of piperidine rings is 1. The van der Waals surface area contributed by atoms with Crippen molar-refractivity contribution >= 4 is 11.9 Å². The van der Waals surface area contributed by atoms with Crippen molar-refractivity contribution in [1.82, 2.24) is 25.7 Å². The molecular formula is C16H25N5O3. The highest BCUT2D eigenvalue weighted by atomic mass is 16.5. The van der Waals surface area contributed by atoms with Crippen LogP contribution >= 0.6 is 0 Å². The fraction of sp³-hybridized carbons (Fsp3) is 0.688. The first-order valence-corrected chi connectivity index (χ1v) is 8.48. The lowest BCUT2D eigenvalue weighted by atomic mass is 9.73. The SMILES string of the molecule is CNC(=O)NCC1CCC2(CCN(C(=O)c3ccn[nH]3)CC2)CO1. The predicted molar refractivity (Wildman–Crippen MR) is 87.6 cm³/mol. The van der Waals surface area contributed by atoms with E-state index in [1.54, 1.807) is 19.3 Å². The number of amides is 3. The number of ether oxygens (including phenoxy) is 1. The summed E-state index contributed by atoms with van der Waals surface area (Å²) in [4.78, 5) is 25.5. The van der Waals surface area contributed by atoms with Gasteiger partial charge in [-0.25, -0.2) is 4.79 Å². The number of aromatic amines is 1. The van der Waals surface area contributed by atoms with Crippen LogP contribution in [-0.2, 0) is 4.74 Å². The quantitative estimate of drug-likeness (QED) is 0.758. The number of carbonyl (C=O) groups excluding carboxylic acids is 2. The van der Waals surface area contributed by atoms with Gasteiger partial charge in [-0.1, -0.05) is 0 Å². The van der Waals surface area contributed by atoms with Gasteiger partial charge in [0.1, 0.15) is 5.69 Å². The molecule has 1 unspecified atom stereocenters. The molecule has 0 saturated carbocycles. The molecule has 1 spiro atoms. The molecule has 0 aromatic carbocycles. The molecule has 132 valence electrons. The van der Waals surface area contributed by atoms with Crippen molar-refractivity contribution < 1.29 is 14.3 Å². The maximum absolute atomic E-state index is 12.3. The summed E-state index contributed by atoms with van der Waals surface area (Å²) in [7, 11) is 1.60. The molecule has 2 aliphatic rings. The molecule has 0 bridgehead atoms. The monoisotopic (exact) mass is 335 g/mol. The van der Waals surface area contributed by atoms with Crippen molar-refractivity contribution in [2.24, 2.45) is 5.41 Å². The minimum atomic E-state index is -0.176. The van der Waals surface area contributed by atoms with Crippen LogP contribution in [0.25, 0.3) is 0 Å². The molecule has 3 heterocycles. The van der Waals surface area contributed by atoms with E-state index in [2.05, 4.69) is 20.8 Å². The molecular weight excluding hydrogens is 310 g/mol.